The van der Waals surface area contributed by atoms with Gasteiger partial charge < -0.3 is 14.2 Å². The van der Waals surface area contributed by atoms with Gasteiger partial charge in [0.2, 0.25) is 0 Å². The lowest BCUT2D eigenvalue weighted by Crippen LogP contribution is -2.26. The zero-order valence-corrected chi connectivity index (χ0v) is 21.1. The van der Waals surface area contributed by atoms with Crippen LogP contribution in [0, 0.1) is 0 Å². The van der Waals surface area contributed by atoms with Gasteiger partial charge in [0, 0.05) is 45.6 Å². The Hall–Kier alpha value is -4.57. The molecular weight excluding hydrogens is 454 g/mol. The number of rotatable bonds is 4. The van der Waals surface area contributed by atoms with Gasteiger partial charge in [0.05, 0.1) is 23.8 Å². The number of benzene rings is 4. The number of nitrogens with zero attached hydrogens (tertiary/aromatic N) is 3. The second-order valence-electron chi connectivity index (χ2n) is 10.1. The quantitative estimate of drug-likeness (QED) is 0.254. The molecule has 1 aliphatic heterocycles. The minimum Gasteiger partial charge on any atom is -0.497 e. The van der Waals surface area contributed by atoms with Crippen LogP contribution in [0.1, 0.15) is 25.0 Å². The van der Waals surface area contributed by atoms with E-state index in [4.69, 9.17) is 4.74 Å². The van der Waals surface area contributed by atoms with Crippen LogP contribution in [0.3, 0.4) is 0 Å². The highest BCUT2D eigenvalue weighted by molar-refractivity contribution is 6.12. The molecule has 0 fully saturated rings. The first kappa shape index (κ1) is 21.7. The maximum absolute atomic E-state index is 5.41. The first-order chi connectivity index (χ1) is 18.1. The summed E-state index contributed by atoms with van der Waals surface area (Å²) < 4.78 is 7.87. The molecule has 0 unspecified atom stereocenters. The van der Waals surface area contributed by atoms with Crippen molar-refractivity contribution in [2.75, 3.05) is 12.0 Å². The molecule has 0 spiro atoms. The van der Waals surface area contributed by atoms with Gasteiger partial charge >= 0.3 is 0 Å². The van der Waals surface area contributed by atoms with Gasteiger partial charge in [-0.2, -0.15) is 0 Å². The number of fused-ring (bicyclic) bond motifs is 5. The second-order valence-corrected chi connectivity index (χ2v) is 10.1. The largest absolute Gasteiger partial charge is 0.497 e. The highest BCUT2D eigenvalue weighted by atomic mass is 16.5. The summed E-state index contributed by atoms with van der Waals surface area (Å²) in [6.45, 7) is 4.67. The average molecular weight is 482 g/mol. The van der Waals surface area contributed by atoms with Crippen molar-refractivity contribution in [1.82, 2.24) is 9.55 Å². The third-order valence-electron chi connectivity index (χ3n) is 7.77. The van der Waals surface area contributed by atoms with Crippen molar-refractivity contribution in [2.45, 2.75) is 19.3 Å². The Morgan fingerprint density at radius 3 is 2.19 bits per heavy atom. The lowest BCUT2D eigenvalue weighted by Gasteiger charge is -2.34. The summed E-state index contributed by atoms with van der Waals surface area (Å²) in [5.74, 6) is 0.837. The van der Waals surface area contributed by atoms with Crippen LogP contribution in [0.15, 0.2) is 109 Å². The van der Waals surface area contributed by atoms with Crippen LogP contribution >= 0.6 is 0 Å². The van der Waals surface area contributed by atoms with Crippen LogP contribution in [0.25, 0.3) is 27.5 Å². The van der Waals surface area contributed by atoms with E-state index in [1.165, 1.54) is 38.6 Å². The van der Waals surface area contributed by atoms with Crippen molar-refractivity contribution in [3.63, 3.8) is 0 Å². The van der Waals surface area contributed by atoms with Crippen molar-refractivity contribution in [3.8, 4) is 11.4 Å². The summed E-state index contributed by atoms with van der Waals surface area (Å²) >= 11 is 0. The summed E-state index contributed by atoms with van der Waals surface area (Å²) in [7, 11) is 1.69. The van der Waals surface area contributed by atoms with Crippen LogP contribution in [-0.2, 0) is 5.41 Å². The Morgan fingerprint density at radius 1 is 0.703 bits per heavy atom. The summed E-state index contributed by atoms with van der Waals surface area (Å²) in [5, 5.41) is 2.52. The summed E-state index contributed by atoms with van der Waals surface area (Å²) in [6.07, 6.45) is 3.67. The summed E-state index contributed by atoms with van der Waals surface area (Å²) in [5.41, 5.74) is 9.65. The number of ether oxygens (including phenoxy) is 1. The molecule has 3 heterocycles. The highest BCUT2D eigenvalue weighted by Crippen LogP contribution is 2.48. The van der Waals surface area contributed by atoms with Gasteiger partial charge in [-0.25, -0.2) is 0 Å². The van der Waals surface area contributed by atoms with E-state index in [-0.39, 0.29) is 5.41 Å². The molecule has 0 N–H and O–H groups in total. The molecule has 0 atom stereocenters. The maximum atomic E-state index is 5.41. The second kappa shape index (κ2) is 7.97. The van der Waals surface area contributed by atoms with Crippen molar-refractivity contribution in [2.24, 2.45) is 0 Å². The number of aromatic nitrogens is 2. The minimum atomic E-state index is -0.0739. The molecule has 4 heteroatoms. The molecule has 4 aromatic carbocycles. The number of anilines is 3. The molecule has 0 amide bonds. The predicted octanol–water partition coefficient (Wildman–Crippen LogP) is 8.30. The highest BCUT2D eigenvalue weighted by Gasteiger charge is 2.34. The SMILES string of the molecule is COc1ccc(N(c2ccncc2)c2ccc3c(c2)c2cccc4c2n3-c2ccccc2C4(C)C)cc1. The Balaban J connectivity index is 1.51. The smallest absolute Gasteiger partial charge is 0.119 e. The zero-order valence-electron chi connectivity index (χ0n) is 21.1. The fraction of sp³-hybridized carbons (Fsp3) is 0.121. The molecular formula is C33H27N3O. The van der Waals surface area contributed by atoms with Crippen LogP contribution in [0.2, 0.25) is 0 Å². The van der Waals surface area contributed by atoms with Crippen LogP contribution in [-0.4, -0.2) is 16.7 Å². The van der Waals surface area contributed by atoms with Crippen LogP contribution in [0.4, 0.5) is 17.1 Å². The summed E-state index contributed by atoms with van der Waals surface area (Å²) in [6, 6.07) is 34.7. The van der Waals surface area contributed by atoms with Gasteiger partial charge in [0.1, 0.15) is 5.75 Å². The summed E-state index contributed by atoms with van der Waals surface area (Å²) in [4.78, 5) is 6.52. The van der Waals surface area contributed by atoms with E-state index in [1.54, 1.807) is 7.11 Å². The first-order valence-electron chi connectivity index (χ1n) is 12.6. The molecule has 180 valence electrons. The molecule has 6 aromatic rings. The number of pyridine rings is 1. The minimum absolute atomic E-state index is 0.0739. The first-order valence-corrected chi connectivity index (χ1v) is 12.6. The molecule has 0 aliphatic carbocycles. The molecule has 1 aliphatic rings. The molecule has 7 rings (SSSR count). The topological polar surface area (TPSA) is 30.3 Å². The number of hydrogen-bond donors (Lipinski definition) is 0. The molecule has 4 nitrogen and oxygen atoms in total. The number of para-hydroxylation sites is 2. The predicted molar refractivity (Wildman–Crippen MR) is 152 cm³/mol. The van der Waals surface area contributed by atoms with Crippen molar-refractivity contribution in [3.05, 3.63) is 121 Å². The van der Waals surface area contributed by atoms with Gasteiger partial charge in [-0.1, -0.05) is 50.2 Å². The normalized spacial score (nSPS) is 13.5. The van der Waals surface area contributed by atoms with Crippen LogP contribution in [0.5, 0.6) is 5.75 Å². The van der Waals surface area contributed by atoms with E-state index in [2.05, 4.69) is 101 Å². The van der Waals surface area contributed by atoms with E-state index >= 15 is 0 Å². The Morgan fingerprint density at radius 2 is 1.41 bits per heavy atom. The van der Waals surface area contributed by atoms with E-state index < -0.39 is 0 Å². The molecule has 0 saturated carbocycles. The fourth-order valence-corrected chi connectivity index (χ4v) is 5.96. The molecule has 0 bridgehead atoms. The van der Waals surface area contributed by atoms with E-state index in [9.17, 15) is 0 Å². The fourth-order valence-electron chi connectivity index (χ4n) is 5.96. The van der Waals surface area contributed by atoms with Gasteiger partial charge in [0.15, 0.2) is 0 Å². The lowest BCUT2D eigenvalue weighted by atomic mass is 9.75. The van der Waals surface area contributed by atoms with E-state index in [0.29, 0.717) is 0 Å². The average Bonchev–Trinajstić information content (AvgIpc) is 3.27. The zero-order chi connectivity index (χ0) is 25.1. The maximum Gasteiger partial charge on any atom is 0.119 e. The molecule has 0 radical (unpaired) electrons. The van der Waals surface area contributed by atoms with Gasteiger partial charge in [-0.3, -0.25) is 4.98 Å². The molecule has 37 heavy (non-hydrogen) atoms. The van der Waals surface area contributed by atoms with E-state index in [0.717, 1.165) is 22.8 Å². The Bertz CT molecular complexity index is 1780. The standard InChI is InChI=1S/C33H27N3O/c1-33(2)28-8-4-5-10-31(28)36-30-16-13-24(21-27(30)26-7-6-9-29(33)32(26)36)35(23-17-19-34-20-18-23)22-11-14-25(37-3)15-12-22/h4-21H,1-3H3. The number of hydrogen-bond acceptors (Lipinski definition) is 3. The third-order valence-corrected chi connectivity index (χ3v) is 7.77. The third kappa shape index (κ3) is 3.12. The van der Waals surface area contributed by atoms with Gasteiger partial charge in [-0.15, -0.1) is 0 Å². The van der Waals surface area contributed by atoms with Crippen molar-refractivity contribution in [1.29, 1.82) is 0 Å². The van der Waals surface area contributed by atoms with Crippen LogP contribution < -0.4 is 9.64 Å². The number of methoxy groups -OCH3 is 1. The van der Waals surface area contributed by atoms with E-state index in [1.807, 2.05) is 36.7 Å². The Kier molecular flexibility index (Phi) is 4.67. The van der Waals surface area contributed by atoms with Gasteiger partial charge in [-0.05, 0) is 71.8 Å². The van der Waals surface area contributed by atoms with Gasteiger partial charge in [0.25, 0.3) is 0 Å². The van der Waals surface area contributed by atoms with Crippen molar-refractivity contribution >= 4 is 38.9 Å². The monoisotopic (exact) mass is 481 g/mol. The van der Waals surface area contributed by atoms with Crippen molar-refractivity contribution < 1.29 is 4.74 Å². The molecule has 2 aromatic heterocycles. The Labute approximate surface area is 216 Å². The lowest BCUT2D eigenvalue weighted by molar-refractivity contribution is 0.415. The molecule has 0 saturated heterocycles.